The summed E-state index contributed by atoms with van der Waals surface area (Å²) in [4.78, 5) is 6.77. The number of nitrogens with zero attached hydrogens (tertiary/aromatic N) is 1. The molecule has 3 fully saturated rings. The average Bonchev–Trinajstić information content (AvgIpc) is 2.99. The first kappa shape index (κ1) is 38.9. The first-order valence-corrected chi connectivity index (χ1v) is 18.8. The summed E-state index contributed by atoms with van der Waals surface area (Å²) in [6, 6.07) is 0.510. The lowest BCUT2D eigenvalue weighted by Gasteiger charge is -2.21. The predicted molar refractivity (Wildman–Crippen MR) is 194 cm³/mol. The Balaban J connectivity index is 0.000000427. The molecule has 238 valence electrons. The van der Waals surface area contributed by atoms with E-state index in [0.29, 0.717) is 6.04 Å². The molecule has 3 aliphatic carbocycles. The van der Waals surface area contributed by atoms with Crippen molar-refractivity contribution in [1.82, 2.24) is 0 Å². The Morgan fingerprint density at radius 1 is 0.537 bits per heavy atom. The number of isothiocyanates is 1. The summed E-state index contributed by atoms with van der Waals surface area (Å²) < 4.78 is 0. The Morgan fingerprint density at radius 2 is 0.902 bits per heavy atom. The van der Waals surface area contributed by atoms with Crippen molar-refractivity contribution in [2.45, 2.75) is 179 Å². The lowest BCUT2D eigenvalue weighted by molar-refractivity contribution is 0.367. The zero-order valence-corrected chi connectivity index (χ0v) is 29.0. The van der Waals surface area contributed by atoms with Crippen LogP contribution >= 0.6 is 36.7 Å². The molecule has 0 spiro atoms. The third-order valence-electron chi connectivity index (χ3n) is 9.11. The molecule has 0 aromatic heterocycles. The maximum Gasteiger partial charge on any atom is 0.0602 e. The molecule has 0 bridgehead atoms. The zero-order chi connectivity index (χ0) is 29.8. The highest BCUT2D eigenvalue weighted by Gasteiger charge is 2.16. The highest BCUT2D eigenvalue weighted by Crippen LogP contribution is 2.28. The van der Waals surface area contributed by atoms with Gasteiger partial charge in [-0.25, -0.2) is 4.99 Å². The van der Waals surface area contributed by atoms with Gasteiger partial charge in [0.1, 0.15) is 0 Å². The fraction of sp³-hybridized carbons (Fsp3) is 0.914. The number of nitrogens with two attached hydrogens (primary N) is 2. The number of rotatable bonds is 17. The van der Waals surface area contributed by atoms with E-state index in [-0.39, 0.29) is 0 Å². The summed E-state index contributed by atoms with van der Waals surface area (Å²) in [5, 5.41) is 2.45. The summed E-state index contributed by atoms with van der Waals surface area (Å²) in [7, 11) is 0. The van der Waals surface area contributed by atoms with Gasteiger partial charge in [0, 0.05) is 0 Å². The van der Waals surface area contributed by atoms with Crippen LogP contribution in [0.5, 0.6) is 0 Å². The van der Waals surface area contributed by atoms with Crippen molar-refractivity contribution >= 4 is 51.5 Å². The van der Waals surface area contributed by atoms with Crippen molar-refractivity contribution in [1.29, 1.82) is 0 Å². The van der Waals surface area contributed by atoms with Crippen LogP contribution in [-0.4, -0.2) is 34.0 Å². The van der Waals surface area contributed by atoms with Crippen molar-refractivity contribution in [3.8, 4) is 0 Å². The summed E-state index contributed by atoms with van der Waals surface area (Å²) >= 11 is 15.8. The maximum absolute atomic E-state index is 5.63. The van der Waals surface area contributed by atoms with Gasteiger partial charge in [0.2, 0.25) is 0 Å². The fourth-order valence-corrected chi connectivity index (χ4v) is 7.46. The van der Waals surface area contributed by atoms with E-state index in [4.69, 9.17) is 35.9 Å². The van der Waals surface area contributed by atoms with Crippen molar-refractivity contribution in [2.75, 3.05) is 13.1 Å². The highest BCUT2D eigenvalue weighted by molar-refractivity contribution is 7.80. The van der Waals surface area contributed by atoms with E-state index in [1.165, 1.54) is 170 Å². The topological polar surface area (TPSA) is 64.4 Å². The molecule has 3 rings (SSSR count). The second-order valence-corrected chi connectivity index (χ2v) is 14.2. The lowest BCUT2D eigenvalue weighted by Crippen LogP contribution is -2.11. The standard InChI is InChI=1S/C23H40S2.C7H11NS.C5H14N2/c24-22(18-20-12-6-4-7-13-20)16-10-2-1-3-11-17-23(25)19-21-14-8-5-9-15-21;9-6-8-7-4-2-1-3-5-7;6-4-2-1-3-5-7/h20-21H,1-19H2;7H,1-5H2;1-7H2. The van der Waals surface area contributed by atoms with E-state index in [1.54, 1.807) is 0 Å². The predicted octanol–water partition coefficient (Wildman–Crippen LogP) is 10.9. The molecule has 6 heteroatoms. The number of hydrogen-bond donors (Lipinski definition) is 2. The molecule has 0 aromatic rings. The van der Waals surface area contributed by atoms with Crippen LogP contribution in [0, 0.1) is 11.8 Å². The molecule has 3 nitrogen and oxygen atoms in total. The molecule has 3 saturated carbocycles. The fourth-order valence-electron chi connectivity index (χ4n) is 6.56. The van der Waals surface area contributed by atoms with Crippen LogP contribution in [0.2, 0.25) is 0 Å². The van der Waals surface area contributed by atoms with E-state index in [0.717, 1.165) is 37.8 Å². The largest absolute Gasteiger partial charge is 0.330 e. The van der Waals surface area contributed by atoms with E-state index in [2.05, 4.69) is 22.4 Å². The first-order valence-electron chi connectivity index (χ1n) is 17.6. The number of thiocarbonyl (C=S) groups is 3. The molecule has 0 saturated heterocycles. The Labute approximate surface area is 271 Å². The molecule has 0 amide bonds. The zero-order valence-electron chi connectivity index (χ0n) is 26.6. The third kappa shape index (κ3) is 24.0. The van der Waals surface area contributed by atoms with Gasteiger partial charge in [-0.1, -0.05) is 134 Å². The van der Waals surface area contributed by atoms with Gasteiger partial charge in [0.25, 0.3) is 0 Å². The summed E-state index contributed by atoms with van der Waals surface area (Å²) in [6.45, 7) is 1.61. The Kier molecular flexibility index (Phi) is 27.2. The molecule has 0 aliphatic heterocycles. The molecule has 41 heavy (non-hydrogen) atoms. The van der Waals surface area contributed by atoms with Crippen LogP contribution in [0.15, 0.2) is 4.99 Å². The number of aliphatic imine (C=N–C) groups is 1. The second-order valence-electron chi connectivity index (χ2n) is 12.9. The molecule has 3 aliphatic rings. The smallest absolute Gasteiger partial charge is 0.0602 e. The van der Waals surface area contributed by atoms with Gasteiger partial charge in [0.15, 0.2) is 0 Å². The Bertz CT molecular complexity index is 634. The summed E-state index contributed by atoms with van der Waals surface area (Å²) in [5.41, 5.74) is 10.5. The van der Waals surface area contributed by atoms with Gasteiger partial charge >= 0.3 is 0 Å². The van der Waals surface area contributed by atoms with Crippen LogP contribution in [0.1, 0.15) is 173 Å². The molecule has 0 aromatic carbocycles. The van der Waals surface area contributed by atoms with Crippen molar-refractivity contribution in [3.05, 3.63) is 0 Å². The van der Waals surface area contributed by atoms with Gasteiger partial charge in [-0.05, 0) is 111 Å². The van der Waals surface area contributed by atoms with Crippen molar-refractivity contribution in [2.24, 2.45) is 28.3 Å². The minimum absolute atomic E-state index is 0.510. The molecule has 4 N–H and O–H groups in total. The minimum Gasteiger partial charge on any atom is -0.330 e. The van der Waals surface area contributed by atoms with Gasteiger partial charge in [0.05, 0.1) is 11.2 Å². The average molecular weight is 624 g/mol. The maximum atomic E-state index is 5.63. The van der Waals surface area contributed by atoms with Crippen LogP contribution in [0.3, 0.4) is 0 Å². The number of hydrogen-bond acceptors (Lipinski definition) is 6. The Morgan fingerprint density at radius 3 is 1.29 bits per heavy atom. The van der Waals surface area contributed by atoms with E-state index < -0.39 is 0 Å². The Hall–Kier alpha value is -0.100. The molecular formula is C35H65N3S3. The summed E-state index contributed by atoms with van der Waals surface area (Å²) in [6.07, 6.45) is 35.9. The van der Waals surface area contributed by atoms with Crippen molar-refractivity contribution in [3.63, 3.8) is 0 Å². The third-order valence-corrected chi connectivity index (χ3v) is 9.96. The van der Waals surface area contributed by atoms with E-state index >= 15 is 0 Å². The molecule has 0 heterocycles. The van der Waals surface area contributed by atoms with Crippen LogP contribution in [0.4, 0.5) is 0 Å². The van der Waals surface area contributed by atoms with Crippen molar-refractivity contribution < 1.29 is 0 Å². The van der Waals surface area contributed by atoms with Gasteiger partial charge in [-0.15, -0.1) is 0 Å². The molecule has 0 atom stereocenters. The van der Waals surface area contributed by atoms with Gasteiger partial charge in [-0.2, -0.15) is 0 Å². The van der Waals surface area contributed by atoms with Crippen LogP contribution in [-0.2, 0) is 0 Å². The number of unbranched alkanes of at least 4 members (excludes halogenated alkanes) is 6. The molecule has 0 radical (unpaired) electrons. The van der Waals surface area contributed by atoms with E-state index in [9.17, 15) is 0 Å². The van der Waals surface area contributed by atoms with E-state index in [1.807, 2.05) is 0 Å². The first-order chi connectivity index (χ1) is 20.1. The van der Waals surface area contributed by atoms with Crippen LogP contribution < -0.4 is 11.5 Å². The van der Waals surface area contributed by atoms with Gasteiger partial charge in [-0.3, -0.25) is 0 Å². The highest BCUT2D eigenvalue weighted by atomic mass is 32.1. The lowest BCUT2D eigenvalue weighted by atomic mass is 9.85. The molecular weight excluding hydrogens is 559 g/mol. The second kappa shape index (κ2) is 28.7. The normalized spacial score (nSPS) is 18.3. The summed E-state index contributed by atoms with van der Waals surface area (Å²) in [5.74, 6) is 1.85. The quantitative estimate of drug-likeness (QED) is 0.0958. The molecule has 0 unspecified atom stereocenters. The van der Waals surface area contributed by atoms with Crippen LogP contribution in [0.25, 0.3) is 0 Å². The monoisotopic (exact) mass is 623 g/mol. The SMILES string of the molecule is NCCCCCN.S=C(CCCCCCCC(=S)CC1CCCCC1)CC1CCCCC1.S=C=NC1CCCCC1. The van der Waals surface area contributed by atoms with Gasteiger partial charge < -0.3 is 11.5 Å². The minimum atomic E-state index is 0.510.